The summed E-state index contributed by atoms with van der Waals surface area (Å²) in [5, 5.41) is 9.31. The SMILES string of the molecule is N#Cc1cc2c(NN)nccc2[nH]c1=O. The highest BCUT2D eigenvalue weighted by molar-refractivity contribution is 5.89. The minimum absolute atomic E-state index is 0.0343. The van der Waals surface area contributed by atoms with Gasteiger partial charge in [0.2, 0.25) is 0 Å². The van der Waals surface area contributed by atoms with Gasteiger partial charge in [0, 0.05) is 11.6 Å². The summed E-state index contributed by atoms with van der Waals surface area (Å²) < 4.78 is 0. The topological polar surface area (TPSA) is 108 Å². The number of rotatable bonds is 1. The van der Waals surface area contributed by atoms with Crippen LogP contribution in [0.2, 0.25) is 0 Å². The fraction of sp³-hybridized carbons (Fsp3) is 0. The first-order chi connectivity index (χ1) is 7.26. The second kappa shape index (κ2) is 3.40. The first-order valence-electron chi connectivity index (χ1n) is 4.15. The second-order valence-electron chi connectivity index (χ2n) is 2.89. The van der Waals surface area contributed by atoms with E-state index in [0.717, 1.165) is 0 Å². The fourth-order valence-corrected chi connectivity index (χ4v) is 1.33. The lowest BCUT2D eigenvalue weighted by atomic mass is 10.2. The number of hydrogen-bond donors (Lipinski definition) is 3. The molecule has 0 aliphatic heterocycles. The summed E-state index contributed by atoms with van der Waals surface area (Å²) in [6.07, 6.45) is 1.51. The molecule has 0 saturated heterocycles. The lowest BCUT2D eigenvalue weighted by Crippen LogP contribution is -2.13. The lowest BCUT2D eigenvalue weighted by Gasteiger charge is -2.03. The molecule has 0 spiro atoms. The zero-order chi connectivity index (χ0) is 10.8. The normalized spacial score (nSPS) is 9.87. The molecule has 0 amide bonds. The van der Waals surface area contributed by atoms with Crippen LogP contribution in [0.25, 0.3) is 10.9 Å². The Kier molecular flexibility index (Phi) is 2.08. The van der Waals surface area contributed by atoms with Crippen LogP contribution in [0, 0.1) is 11.3 Å². The third kappa shape index (κ3) is 1.41. The van der Waals surface area contributed by atoms with Gasteiger partial charge in [-0.05, 0) is 12.1 Å². The van der Waals surface area contributed by atoms with Crippen molar-refractivity contribution in [1.82, 2.24) is 9.97 Å². The highest BCUT2D eigenvalue weighted by atomic mass is 16.1. The zero-order valence-corrected chi connectivity index (χ0v) is 7.61. The van der Waals surface area contributed by atoms with Gasteiger partial charge in [-0.2, -0.15) is 5.26 Å². The highest BCUT2D eigenvalue weighted by Gasteiger charge is 2.05. The van der Waals surface area contributed by atoms with Crippen LogP contribution < -0.4 is 16.8 Å². The summed E-state index contributed by atoms with van der Waals surface area (Å²) in [4.78, 5) is 17.8. The number of aromatic amines is 1. The van der Waals surface area contributed by atoms with Gasteiger partial charge >= 0.3 is 0 Å². The van der Waals surface area contributed by atoms with Crippen molar-refractivity contribution in [3.63, 3.8) is 0 Å². The Labute approximate surface area is 84.3 Å². The summed E-state index contributed by atoms with van der Waals surface area (Å²) in [5.41, 5.74) is 2.60. The van der Waals surface area contributed by atoms with E-state index < -0.39 is 5.56 Å². The van der Waals surface area contributed by atoms with E-state index in [1.807, 2.05) is 0 Å². The number of hydrogen-bond acceptors (Lipinski definition) is 5. The number of anilines is 1. The molecule has 2 rings (SSSR count). The van der Waals surface area contributed by atoms with Crippen molar-refractivity contribution in [2.45, 2.75) is 0 Å². The van der Waals surface area contributed by atoms with E-state index in [1.54, 1.807) is 12.1 Å². The van der Waals surface area contributed by atoms with Gasteiger partial charge in [0.15, 0.2) is 0 Å². The van der Waals surface area contributed by atoms with E-state index in [9.17, 15) is 4.79 Å². The Hall–Kier alpha value is -2.39. The Balaban J connectivity index is 2.89. The first kappa shape index (κ1) is 9.18. The summed E-state index contributed by atoms with van der Waals surface area (Å²) in [6, 6.07) is 4.89. The van der Waals surface area contributed by atoms with Gasteiger partial charge in [0.25, 0.3) is 5.56 Å². The second-order valence-corrected chi connectivity index (χ2v) is 2.89. The van der Waals surface area contributed by atoms with Gasteiger partial charge in [0.1, 0.15) is 17.5 Å². The molecule has 0 aliphatic rings. The molecule has 2 aromatic rings. The molecule has 2 aromatic heterocycles. The third-order valence-corrected chi connectivity index (χ3v) is 2.03. The number of aromatic nitrogens is 2. The molecule has 0 fully saturated rings. The van der Waals surface area contributed by atoms with Crippen molar-refractivity contribution >= 4 is 16.7 Å². The van der Waals surface area contributed by atoms with Crippen molar-refractivity contribution in [1.29, 1.82) is 5.26 Å². The Bertz CT molecular complexity index is 610. The van der Waals surface area contributed by atoms with E-state index in [0.29, 0.717) is 16.7 Å². The van der Waals surface area contributed by atoms with Crippen LogP contribution in [0.1, 0.15) is 5.56 Å². The van der Waals surface area contributed by atoms with Gasteiger partial charge in [-0.3, -0.25) is 4.79 Å². The van der Waals surface area contributed by atoms with E-state index in [1.165, 1.54) is 12.3 Å². The lowest BCUT2D eigenvalue weighted by molar-refractivity contribution is 1.22. The molecule has 0 bridgehead atoms. The molecule has 0 atom stereocenters. The average Bonchev–Trinajstić information content (AvgIpc) is 2.27. The number of fused-ring (bicyclic) bond motifs is 1. The van der Waals surface area contributed by atoms with Crippen molar-refractivity contribution in [2.75, 3.05) is 5.43 Å². The van der Waals surface area contributed by atoms with Gasteiger partial charge in [-0.1, -0.05) is 0 Å². The molecular weight excluding hydrogens is 194 g/mol. The molecule has 0 unspecified atom stereocenters. The maximum atomic E-state index is 11.3. The maximum Gasteiger partial charge on any atom is 0.266 e. The predicted molar refractivity (Wildman–Crippen MR) is 54.9 cm³/mol. The standard InChI is InChI=1S/C9H7N5O/c10-4-5-3-6-7(13-9(5)15)1-2-12-8(6)14-11/h1-3H,11H2,(H,12,14)(H,13,15). The van der Waals surface area contributed by atoms with Crippen LogP contribution in [0.15, 0.2) is 23.1 Å². The molecule has 6 nitrogen and oxygen atoms in total. The maximum absolute atomic E-state index is 11.3. The summed E-state index contributed by atoms with van der Waals surface area (Å²) in [7, 11) is 0. The molecule has 4 N–H and O–H groups in total. The Morgan fingerprint density at radius 2 is 2.40 bits per heavy atom. The van der Waals surface area contributed by atoms with Gasteiger partial charge in [-0.25, -0.2) is 10.8 Å². The molecule has 15 heavy (non-hydrogen) atoms. The fourth-order valence-electron chi connectivity index (χ4n) is 1.33. The van der Waals surface area contributed by atoms with Crippen molar-refractivity contribution in [2.24, 2.45) is 5.84 Å². The van der Waals surface area contributed by atoms with Gasteiger partial charge < -0.3 is 10.4 Å². The van der Waals surface area contributed by atoms with Crippen molar-refractivity contribution in [3.05, 3.63) is 34.2 Å². The summed E-state index contributed by atoms with van der Waals surface area (Å²) >= 11 is 0. The van der Waals surface area contributed by atoms with Crippen LogP contribution in [-0.2, 0) is 0 Å². The largest absolute Gasteiger partial charge is 0.321 e. The highest BCUT2D eigenvalue weighted by Crippen LogP contribution is 2.17. The molecule has 0 radical (unpaired) electrons. The molecule has 6 heteroatoms. The van der Waals surface area contributed by atoms with Crippen LogP contribution in [0.5, 0.6) is 0 Å². The quantitative estimate of drug-likeness (QED) is 0.447. The van der Waals surface area contributed by atoms with Crippen molar-refractivity contribution in [3.8, 4) is 6.07 Å². The smallest absolute Gasteiger partial charge is 0.266 e. The number of nitrogens with two attached hydrogens (primary N) is 1. The zero-order valence-electron chi connectivity index (χ0n) is 7.61. The molecule has 0 aliphatic carbocycles. The van der Waals surface area contributed by atoms with Crippen LogP contribution in [0.3, 0.4) is 0 Å². The molecule has 0 saturated carbocycles. The summed E-state index contributed by atoms with van der Waals surface area (Å²) in [6.45, 7) is 0. The van der Waals surface area contributed by atoms with E-state index in [4.69, 9.17) is 11.1 Å². The van der Waals surface area contributed by atoms with Crippen molar-refractivity contribution < 1.29 is 0 Å². The number of pyridine rings is 2. The summed E-state index contributed by atoms with van der Waals surface area (Å²) in [5.74, 6) is 5.67. The Morgan fingerprint density at radius 3 is 3.07 bits per heavy atom. The van der Waals surface area contributed by atoms with Crippen LogP contribution >= 0.6 is 0 Å². The number of H-pyrrole nitrogens is 1. The van der Waals surface area contributed by atoms with E-state index >= 15 is 0 Å². The average molecular weight is 201 g/mol. The monoisotopic (exact) mass is 201 g/mol. The molecule has 74 valence electrons. The number of nitriles is 1. The molecular formula is C9H7N5O. The molecule has 2 heterocycles. The van der Waals surface area contributed by atoms with E-state index in [-0.39, 0.29) is 5.56 Å². The minimum Gasteiger partial charge on any atom is -0.321 e. The third-order valence-electron chi connectivity index (χ3n) is 2.03. The number of hydrazine groups is 1. The van der Waals surface area contributed by atoms with E-state index in [2.05, 4.69) is 15.4 Å². The van der Waals surface area contributed by atoms with Crippen LogP contribution in [-0.4, -0.2) is 9.97 Å². The number of nitrogen functional groups attached to an aromatic ring is 1. The minimum atomic E-state index is -0.417. The van der Waals surface area contributed by atoms with Gasteiger partial charge in [0.05, 0.1) is 5.52 Å². The predicted octanol–water partition coefficient (Wildman–Crippen LogP) is 0.0804. The van der Waals surface area contributed by atoms with Gasteiger partial charge in [-0.15, -0.1) is 0 Å². The number of nitrogens with zero attached hydrogens (tertiary/aromatic N) is 2. The van der Waals surface area contributed by atoms with Crippen LogP contribution in [0.4, 0.5) is 5.82 Å². The Morgan fingerprint density at radius 1 is 1.60 bits per heavy atom. The first-order valence-corrected chi connectivity index (χ1v) is 4.15. The number of nitrogens with one attached hydrogen (secondary N) is 2. The molecule has 0 aromatic carbocycles.